The van der Waals surface area contributed by atoms with E-state index in [0.717, 1.165) is 51.9 Å². The van der Waals surface area contributed by atoms with Gasteiger partial charge in [0.1, 0.15) is 0 Å². The topological polar surface area (TPSA) is 61.6 Å². The number of nitrogens with zero attached hydrogens (tertiary/aromatic N) is 2. The summed E-state index contributed by atoms with van der Waals surface area (Å²) in [6.45, 7) is 8.06. The monoisotopic (exact) mass is 286 g/mol. The van der Waals surface area contributed by atoms with E-state index in [9.17, 15) is 4.79 Å². The lowest BCUT2D eigenvalue weighted by Crippen LogP contribution is -2.53. The summed E-state index contributed by atoms with van der Waals surface area (Å²) in [5.41, 5.74) is 4.96. The van der Waals surface area contributed by atoms with Crippen LogP contribution >= 0.6 is 0 Å². The quantitative estimate of drug-likeness (QED) is 0.523. The Bertz CT molecular complexity index is 271. The van der Waals surface area contributed by atoms with Crippen LogP contribution in [0.4, 0.5) is 0 Å². The van der Waals surface area contributed by atoms with E-state index in [1.165, 1.54) is 0 Å². The highest BCUT2D eigenvalue weighted by atomic mass is 16.1. The molecule has 0 rings (SSSR count). The van der Waals surface area contributed by atoms with Crippen LogP contribution in [-0.4, -0.2) is 68.6 Å². The van der Waals surface area contributed by atoms with Crippen molar-refractivity contribution in [3.8, 4) is 0 Å². The van der Waals surface area contributed by atoms with Crippen molar-refractivity contribution in [3.63, 3.8) is 0 Å². The molecule has 0 saturated heterocycles. The van der Waals surface area contributed by atoms with E-state index < -0.39 is 5.54 Å². The summed E-state index contributed by atoms with van der Waals surface area (Å²) in [6, 6.07) is 0. The lowest BCUT2D eigenvalue weighted by molar-refractivity contribution is -0.124. The van der Waals surface area contributed by atoms with Crippen molar-refractivity contribution >= 4 is 5.91 Å². The average molecular weight is 286 g/mol. The molecule has 1 amide bonds. The molecule has 5 heteroatoms. The number of nitrogens with two attached hydrogens (primary N) is 1. The van der Waals surface area contributed by atoms with Gasteiger partial charge < -0.3 is 20.9 Å². The molecule has 0 heterocycles. The van der Waals surface area contributed by atoms with Crippen molar-refractivity contribution in [1.29, 1.82) is 0 Å². The summed E-state index contributed by atoms with van der Waals surface area (Å²) in [7, 11) is 6.32. The molecule has 0 aliphatic heterocycles. The largest absolute Gasteiger partial charge is 0.368 e. The van der Waals surface area contributed by atoms with Gasteiger partial charge in [-0.1, -0.05) is 6.92 Å². The third kappa shape index (κ3) is 8.51. The van der Waals surface area contributed by atoms with Gasteiger partial charge in [-0.25, -0.2) is 0 Å². The van der Waals surface area contributed by atoms with Crippen molar-refractivity contribution in [1.82, 2.24) is 15.1 Å². The zero-order valence-corrected chi connectivity index (χ0v) is 14.0. The van der Waals surface area contributed by atoms with E-state index in [4.69, 9.17) is 5.73 Å². The Kier molecular flexibility index (Phi) is 9.80. The van der Waals surface area contributed by atoms with Gasteiger partial charge in [-0.15, -0.1) is 0 Å². The first-order valence-electron chi connectivity index (χ1n) is 7.70. The molecule has 120 valence electrons. The molecule has 0 aliphatic carbocycles. The Hall–Kier alpha value is -0.650. The maximum Gasteiger partial charge on any atom is 0.237 e. The highest BCUT2D eigenvalue weighted by Crippen LogP contribution is 2.13. The van der Waals surface area contributed by atoms with Crippen LogP contribution in [-0.2, 0) is 4.79 Å². The molecule has 0 aliphatic rings. The highest BCUT2D eigenvalue weighted by molar-refractivity contribution is 5.84. The van der Waals surface area contributed by atoms with E-state index >= 15 is 0 Å². The summed E-state index contributed by atoms with van der Waals surface area (Å²) in [6.07, 6.45) is 3.93. The van der Waals surface area contributed by atoms with Gasteiger partial charge in [0.2, 0.25) is 5.91 Å². The number of nitrogens with one attached hydrogen (secondary N) is 1. The molecule has 0 spiro atoms. The number of carbonyl (C=O) groups excluding carboxylic acids is 1. The standard InChI is InChI=1S/C15H34N4O/c1-6-10-17-15(2,14(16)20)9-7-8-11-19(5)13-12-18(3)4/h17H,6-13H2,1-5H3,(H2,16,20). The summed E-state index contributed by atoms with van der Waals surface area (Å²) in [4.78, 5) is 16.1. The summed E-state index contributed by atoms with van der Waals surface area (Å²) < 4.78 is 0. The number of hydrogen-bond donors (Lipinski definition) is 2. The van der Waals surface area contributed by atoms with Gasteiger partial charge in [-0.2, -0.15) is 0 Å². The maximum atomic E-state index is 11.6. The second kappa shape index (κ2) is 10.1. The third-order valence-electron chi connectivity index (χ3n) is 3.70. The normalized spacial score (nSPS) is 14.8. The zero-order chi connectivity index (χ0) is 15.6. The third-order valence-corrected chi connectivity index (χ3v) is 3.70. The van der Waals surface area contributed by atoms with Crippen molar-refractivity contribution in [2.45, 2.75) is 45.1 Å². The first kappa shape index (κ1) is 19.4. The molecule has 3 N–H and O–H groups in total. The fourth-order valence-electron chi connectivity index (χ4n) is 2.04. The van der Waals surface area contributed by atoms with E-state index in [0.29, 0.717) is 0 Å². The molecule has 0 aromatic carbocycles. The van der Waals surface area contributed by atoms with Gasteiger partial charge in [-0.3, -0.25) is 4.79 Å². The fraction of sp³-hybridized carbons (Fsp3) is 0.933. The molecular weight excluding hydrogens is 252 g/mol. The van der Waals surface area contributed by atoms with Crippen molar-refractivity contribution in [2.75, 3.05) is 47.3 Å². The van der Waals surface area contributed by atoms with Crippen LogP contribution in [0.2, 0.25) is 0 Å². The molecule has 0 radical (unpaired) electrons. The second-order valence-corrected chi connectivity index (χ2v) is 6.19. The Morgan fingerprint density at radius 2 is 1.80 bits per heavy atom. The zero-order valence-electron chi connectivity index (χ0n) is 14.0. The van der Waals surface area contributed by atoms with Crippen LogP contribution in [0.25, 0.3) is 0 Å². The SMILES string of the molecule is CCCNC(C)(CCCCN(C)CCN(C)C)C(N)=O. The number of hydrogen-bond acceptors (Lipinski definition) is 4. The van der Waals surface area contributed by atoms with Gasteiger partial charge in [0, 0.05) is 13.1 Å². The van der Waals surface area contributed by atoms with Crippen molar-refractivity contribution < 1.29 is 4.79 Å². The van der Waals surface area contributed by atoms with Crippen molar-refractivity contribution in [3.05, 3.63) is 0 Å². The summed E-state index contributed by atoms with van der Waals surface area (Å²) >= 11 is 0. The number of carbonyl (C=O) groups is 1. The molecule has 0 aromatic rings. The number of likely N-dealkylation sites (N-methyl/N-ethyl adjacent to an activating group) is 2. The predicted molar refractivity (Wildman–Crippen MR) is 85.8 cm³/mol. The molecule has 20 heavy (non-hydrogen) atoms. The molecular formula is C15H34N4O. The lowest BCUT2D eigenvalue weighted by Gasteiger charge is -2.28. The Balaban J connectivity index is 3.92. The minimum absolute atomic E-state index is 0.244. The Morgan fingerprint density at radius 1 is 1.15 bits per heavy atom. The number of amides is 1. The smallest absolute Gasteiger partial charge is 0.237 e. The second-order valence-electron chi connectivity index (χ2n) is 6.19. The molecule has 1 atom stereocenters. The van der Waals surface area contributed by atoms with E-state index in [1.54, 1.807) is 0 Å². The van der Waals surface area contributed by atoms with E-state index in [-0.39, 0.29) is 5.91 Å². The van der Waals surface area contributed by atoms with Crippen LogP contribution in [0.15, 0.2) is 0 Å². The van der Waals surface area contributed by atoms with Crippen LogP contribution in [0, 0.1) is 0 Å². The van der Waals surface area contributed by atoms with Crippen molar-refractivity contribution in [2.24, 2.45) is 5.73 Å². The first-order chi connectivity index (χ1) is 9.31. The van der Waals surface area contributed by atoms with Gasteiger partial charge in [0.05, 0.1) is 5.54 Å². The van der Waals surface area contributed by atoms with Crippen LogP contribution in [0.1, 0.15) is 39.5 Å². The first-order valence-corrected chi connectivity index (χ1v) is 7.70. The molecule has 1 unspecified atom stereocenters. The summed E-state index contributed by atoms with van der Waals surface area (Å²) in [5.74, 6) is -0.244. The lowest BCUT2D eigenvalue weighted by atomic mass is 9.93. The molecule has 0 fully saturated rings. The molecule has 0 saturated carbocycles. The van der Waals surface area contributed by atoms with E-state index in [1.807, 2.05) is 6.92 Å². The minimum atomic E-state index is -0.557. The molecule has 0 aromatic heterocycles. The molecule has 0 bridgehead atoms. The fourth-order valence-corrected chi connectivity index (χ4v) is 2.04. The maximum absolute atomic E-state index is 11.6. The van der Waals surface area contributed by atoms with Crippen LogP contribution in [0.5, 0.6) is 0 Å². The predicted octanol–water partition coefficient (Wildman–Crippen LogP) is 0.894. The van der Waals surface area contributed by atoms with E-state index in [2.05, 4.69) is 43.2 Å². The van der Waals surface area contributed by atoms with Crippen LogP contribution < -0.4 is 11.1 Å². The Morgan fingerprint density at radius 3 is 2.30 bits per heavy atom. The highest BCUT2D eigenvalue weighted by Gasteiger charge is 2.29. The van der Waals surface area contributed by atoms with Gasteiger partial charge >= 0.3 is 0 Å². The van der Waals surface area contributed by atoms with Gasteiger partial charge in [0.25, 0.3) is 0 Å². The van der Waals surface area contributed by atoms with Gasteiger partial charge in [0.15, 0.2) is 0 Å². The average Bonchev–Trinajstić information content (AvgIpc) is 2.38. The minimum Gasteiger partial charge on any atom is -0.368 e. The Labute approximate surface area is 124 Å². The summed E-state index contributed by atoms with van der Waals surface area (Å²) in [5, 5.41) is 3.28. The number of rotatable bonds is 12. The van der Waals surface area contributed by atoms with Gasteiger partial charge in [-0.05, 0) is 66.8 Å². The molecule has 5 nitrogen and oxygen atoms in total. The number of primary amides is 1. The van der Waals surface area contributed by atoms with Crippen LogP contribution in [0.3, 0.4) is 0 Å². The number of unbranched alkanes of at least 4 members (excludes halogenated alkanes) is 1.